The van der Waals surface area contributed by atoms with Crippen LogP contribution in [0.3, 0.4) is 0 Å². The van der Waals surface area contributed by atoms with Crippen LogP contribution in [0.2, 0.25) is 0 Å². The maximum Gasteiger partial charge on any atom is 0.254 e. The number of nitrogens with one attached hydrogen (secondary N) is 1. The first-order valence-electron chi connectivity index (χ1n) is 10.5. The highest BCUT2D eigenvalue weighted by molar-refractivity contribution is 5.94. The minimum Gasteiger partial charge on any atom is -0.380 e. The van der Waals surface area contributed by atoms with Crippen LogP contribution in [-0.2, 0) is 11.3 Å². The van der Waals surface area contributed by atoms with Gasteiger partial charge in [0.2, 0.25) is 5.95 Å². The smallest absolute Gasteiger partial charge is 0.254 e. The van der Waals surface area contributed by atoms with Crippen molar-refractivity contribution in [1.29, 1.82) is 0 Å². The summed E-state index contributed by atoms with van der Waals surface area (Å²) in [4.78, 5) is 28.7. The van der Waals surface area contributed by atoms with Gasteiger partial charge in [-0.25, -0.2) is 15.0 Å². The lowest BCUT2D eigenvalue weighted by Crippen LogP contribution is -2.31. The van der Waals surface area contributed by atoms with Crippen molar-refractivity contribution in [2.45, 2.75) is 39.3 Å². The normalized spacial score (nSPS) is 15.8. The molecule has 3 aromatic rings. The molecule has 2 aromatic heterocycles. The maximum absolute atomic E-state index is 13.2. The number of hydrogen-bond donors (Lipinski definition) is 1. The minimum absolute atomic E-state index is 0.0317. The van der Waals surface area contributed by atoms with Crippen LogP contribution in [0.4, 0.5) is 11.8 Å². The third-order valence-electron chi connectivity index (χ3n) is 5.36. The average Bonchev–Trinajstić information content (AvgIpc) is 3.23. The molecule has 1 N–H and O–H groups in total. The summed E-state index contributed by atoms with van der Waals surface area (Å²) < 4.78 is 5.15. The Kier molecular flexibility index (Phi) is 6.23. The Morgan fingerprint density at radius 2 is 1.84 bits per heavy atom. The van der Waals surface area contributed by atoms with Crippen LogP contribution in [0.15, 0.2) is 48.5 Å². The largest absolute Gasteiger partial charge is 0.380 e. The highest BCUT2D eigenvalue weighted by Crippen LogP contribution is 2.33. The first-order valence-corrected chi connectivity index (χ1v) is 10.5. The number of benzene rings is 1. The molecule has 0 bridgehead atoms. The van der Waals surface area contributed by atoms with Gasteiger partial charge in [0.05, 0.1) is 18.3 Å². The SMILES string of the molecule is COCc1ccc(C(=O)N2CCC[C@@H]2c2cccc(Nc3nc(C)cc(C)n3)n2)cc1. The molecule has 0 aliphatic carbocycles. The van der Waals surface area contributed by atoms with E-state index < -0.39 is 0 Å². The Hall–Kier alpha value is -3.32. The lowest BCUT2D eigenvalue weighted by atomic mass is 10.1. The van der Waals surface area contributed by atoms with E-state index in [4.69, 9.17) is 9.72 Å². The van der Waals surface area contributed by atoms with E-state index in [1.54, 1.807) is 7.11 Å². The van der Waals surface area contributed by atoms with Gasteiger partial charge in [-0.15, -0.1) is 0 Å². The number of carbonyl (C=O) groups is 1. The summed E-state index contributed by atoms with van der Waals surface area (Å²) in [7, 11) is 1.66. The molecule has 7 heteroatoms. The van der Waals surface area contributed by atoms with Crippen LogP contribution >= 0.6 is 0 Å². The van der Waals surface area contributed by atoms with E-state index in [1.165, 1.54) is 0 Å². The zero-order valence-corrected chi connectivity index (χ0v) is 18.1. The van der Waals surface area contributed by atoms with Crippen molar-refractivity contribution in [2.24, 2.45) is 0 Å². The van der Waals surface area contributed by atoms with Gasteiger partial charge in [0.25, 0.3) is 5.91 Å². The Bertz CT molecular complexity index is 1050. The third kappa shape index (κ3) is 4.88. The van der Waals surface area contributed by atoms with Crippen LogP contribution in [0.5, 0.6) is 0 Å². The molecule has 7 nitrogen and oxygen atoms in total. The Morgan fingerprint density at radius 3 is 2.55 bits per heavy atom. The fourth-order valence-corrected chi connectivity index (χ4v) is 4.00. The van der Waals surface area contributed by atoms with Crippen molar-refractivity contribution in [2.75, 3.05) is 19.0 Å². The number of anilines is 2. The number of ether oxygens (including phenoxy) is 1. The van der Waals surface area contributed by atoms with Gasteiger partial charge in [0, 0.05) is 30.6 Å². The lowest BCUT2D eigenvalue weighted by molar-refractivity contribution is 0.0733. The molecule has 1 saturated heterocycles. The van der Waals surface area contributed by atoms with Gasteiger partial charge in [-0.1, -0.05) is 18.2 Å². The van der Waals surface area contributed by atoms with E-state index in [-0.39, 0.29) is 11.9 Å². The number of aryl methyl sites for hydroxylation is 2. The fraction of sp³-hybridized carbons (Fsp3) is 0.333. The Balaban J connectivity index is 1.53. The van der Waals surface area contributed by atoms with E-state index >= 15 is 0 Å². The molecule has 1 atom stereocenters. The number of rotatable bonds is 6. The standard InChI is InChI=1S/C24H27N5O2/c1-16-14-17(2)26-24(25-16)28-22-8-4-6-20(27-22)21-7-5-13-29(21)23(30)19-11-9-18(10-12-19)15-31-3/h4,6,8-12,14,21H,5,7,13,15H2,1-3H3,(H,25,26,27,28)/t21-/m1/s1. The quantitative estimate of drug-likeness (QED) is 0.642. The lowest BCUT2D eigenvalue weighted by Gasteiger charge is -2.25. The van der Waals surface area contributed by atoms with E-state index in [2.05, 4.69) is 15.3 Å². The van der Waals surface area contributed by atoms with E-state index in [1.807, 2.05) is 67.3 Å². The molecule has 1 fully saturated rings. The third-order valence-corrected chi connectivity index (χ3v) is 5.36. The summed E-state index contributed by atoms with van der Waals surface area (Å²) in [5, 5.41) is 3.19. The second-order valence-electron chi connectivity index (χ2n) is 7.83. The van der Waals surface area contributed by atoms with Crippen molar-refractivity contribution >= 4 is 17.7 Å². The van der Waals surface area contributed by atoms with Gasteiger partial charge in [-0.3, -0.25) is 4.79 Å². The number of pyridine rings is 1. The molecule has 1 aromatic carbocycles. The second kappa shape index (κ2) is 9.22. The molecule has 4 rings (SSSR count). The molecular formula is C24H27N5O2. The summed E-state index contributed by atoms with van der Waals surface area (Å²) >= 11 is 0. The van der Waals surface area contributed by atoms with Gasteiger partial charge in [-0.05, 0) is 62.6 Å². The van der Waals surface area contributed by atoms with Crippen LogP contribution in [0.25, 0.3) is 0 Å². The topological polar surface area (TPSA) is 80.2 Å². The van der Waals surface area contributed by atoms with Crippen LogP contribution in [0.1, 0.15) is 51.9 Å². The fourth-order valence-electron chi connectivity index (χ4n) is 4.00. The summed E-state index contributed by atoms with van der Waals surface area (Å²) in [5.74, 6) is 1.23. The minimum atomic E-state index is -0.0481. The van der Waals surface area contributed by atoms with E-state index in [9.17, 15) is 4.79 Å². The van der Waals surface area contributed by atoms with E-state index in [0.717, 1.165) is 42.0 Å². The van der Waals surface area contributed by atoms with Crippen molar-refractivity contribution < 1.29 is 9.53 Å². The van der Waals surface area contributed by atoms with Gasteiger partial charge >= 0.3 is 0 Å². The number of methoxy groups -OCH3 is 1. The summed E-state index contributed by atoms with van der Waals surface area (Å²) in [6.45, 7) is 5.14. The zero-order chi connectivity index (χ0) is 21.8. The van der Waals surface area contributed by atoms with Crippen LogP contribution < -0.4 is 5.32 Å². The number of amides is 1. The van der Waals surface area contributed by atoms with Crippen LogP contribution in [-0.4, -0.2) is 39.4 Å². The molecule has 0 radical (unpaired) electrons. The molecule has 1 amide bonds. The van der Waals surface area contributed by atoms with Gasteiger partial charge in [0.1, 0.15) is 5.82 Å². The van der Waals surface area contributed by atoms with Crippen molar-refractivity contribution in [3.63, 3.8) is 0 Å². The van der Waals surface area contributed by atoms with E-state index in [0.29, 0.717) is 23.9 Å². The molecule has 1 aliphatic rings. The monoisotopic (exact) mass is 417 g/mol. The molecule has 0 spiro atoms. The van der Waals surface area contributed by atoms with Crippen molar-refractivity contribution in [3.8, 4) is 0 Å². The summed E-state index contributed by atoms with van der Waals surface area (Å²) in [6, 6.07) is 15.3. The molecule has 31 heavy (non-hydrogen) atoms. The first kappa shape index (κ1) is 20.9. The zero-order valence-electron chi connectivity index (χ0n) is 18.1. The number of nitrogens with zero attached hydrogens (tertiary/aromatic N) is 4. The molecule has 3 heterocycles. The number of aromatic nitrogens is 3. The first-order chi connectivity index (χ1) is 15.0. The summed E-state index contributed by atoms with van der Waals surface area (Å²) in [6.07, 6.45) is 1.85. The number of hydrogen-bond acceptors (Lipinski definition) is 6. The average molecular weight is 418 g/mol. The Labute approximate surface area is 182 Å². The van der Waals surface area contributed by atoms with Crippen molar-refractivity contribution in [3.05, 3.63) is 76.7 Å². The van der Waals surface area contributed by atoms with Crippen molar-refractivity contribution in [1.82, 2.24) is 19.9 Å². The predicted molar refractivity (Wildman–Crippen MR) is 119 cm³/mol. The van der Waals surface area contributed by atoms with Gasteiger partial charge in [0.15, 0.2) is 0 Å². The molecule has 0 unspecified atom stereocenters. The predicted octanol–water partition coefficient (Wildman–Crippen LogP) is 4.36. The van der Waals surface area contributed by atoms with Gasteiger partial charge < -0.3 is 15.0 Å². The molecule has 0 saturated carbocycles. The Morgan fingerprint density at radius 1 is 1.10 bits per heavy atom. The molecule has 1 aliphatic heterocycles. The highest BCUT2D eigenvalue weighted by Gasteiger charge is 2.31. The number of likely N-dealkylation sites (tertiary alicyclic amines) is 1. The van der Waals surface area contributed by atoms with Crippen LogP contribution in [0, 0.1) is 13.8 Å². The van der Waals surface area contributed by atoms with Gasteiger partial charge in [-0.2, -0.15) is 0 Å². The maximum atomic E-state index is 13.2. The molecule has 160 valence electrons. The molecular weight excluding hydrogens is 390 g/mol. The second-order valence-corrected chi connectivity index (χ2v) is 7.83. The number of carbonyl (C=O) groups excluding carboxylic acids is 1. The summed E-state index contributed by atoms with van der Waals surface area (Å²) in [5.41, 5.74) is 4.40. The highest BCUT2D eigenvalue weighted by atomic mass is 16.5.